The first-order valence-corrected chi connectivity index (χ1v) is 9.67. The van der Waals surface area contributed by atoms with Gasteiger partial charge in [-0.3, -0.25) is 14.5 Å². The zero-order valence-corrected chi connectivity index (χ0v) is 16.0. The van der Waals surface area contributed by atoms with Gasteiger partial charge < -0.3 is 5.32 Å². The van der Waals surface area contributed by atoms with Gasteiger partial charge in [0.2, 0.25) is 11.8 Å². The quantitative estimate of drug-likeness (QED) is 0.801. The number of rotatable bonds is 6. The van der Waals surface area contributed by atoms with Crippen LogP contribution in [-0.2, 0) is 16.1 Å². The highest BCUT2D eigenvalue weighted by atomic mass is 32.2. The van der Waals surface area contributed by atoms with Crippen LogP contribution in [0.3, 0.4) is 0 Å². The molecule has 5 nitrogen and oxygen atoms in total. The Bertz CT molecular complexity index is 885. The normalized spacial score (nSPS) is 18.0. The van der Waals surface area contributed by atoms with Crippen LogP contribution in [0.25, 0.3) is 0 Å². The van der Waals surface area contributed by atoms with Crippen molar-refractivity contribution in [2.75, 3.05) is 6.54 Å². The Morgan fingerprint density at radius 2 is 1.71 bits per heavy atom. The minimum absolute atomic E-state index is 0.0414. The van der Waals surface area contributed by atoms with E-state index in [4.69, 9.17) is 0 Å². The van der Waals surface area contributed by atoms with E-state index in [1.165, 1.54) is 53.1 Å². The number of nitrogens with one attached hydrogen (secondary N) is 1. The first kappa shape index (κ1) is 20.0. The van der Waals surface area contributed by atoms with Crippen molar-refractivity contribution in [2.45, 2.75) is 25.1 Å². The zero-order valence-electron chi connectivity index (χ0n) is 15.2. The van der Waals surface area contributed by atoms with Crippen molar-refractivity contribution in [3.8, 4) is 0 Å². The molecular weight excluding hydrogens is 384 g/mol. The summed E-state index contributed by atoms with van der Waals surface area (Å²) < 4.78 is 26.3. The standard InChI is InChI=1S/C20H19F2N3O2S/c1-2-23-18(26)11-17-19(27)25(12-13-3-5-14(21)6-4-13)20(28-17)24-16-9-7-15(22)8-10-16/h3-10,17H,2,11-12H2,1H3,(H,23,26)/t17-/m1/s1. The Kier molecular flexibility index (Phi) is 6.41. The molecule has 146 valence electrons. The van der Waals surface area contributed by atoms with Gasteiger partial charge in [-0.2, -0.15) is 0 Å². The van der Waals surface area contributed by atoms with Crippen molar-refractivity contribution in [2.24, 2.45) is 4.99 Å². The second-order valence-electron chi connectivity index (χ2n) is 6.19. The number of amidine groups is 1. The lowest BCUT2D eigenvalue weighted by Gasteiger charge is -2.16. The van der Waals surface area contributed by atoms with Gasteiger partial charge in [-0.15, -0.1) is 0 Å². The number of thioether (sulfide) groups is 1. The fourth-order valence-corrected chi connectivity index (χ4v) is 3.86. The first-order valence-electron chi connectivity index (χ1n) is 8.79. The molecule has 28 heavy (non-hydrogen) atoms. The number of nitrogens with zero attached hydrogens (tertiary/aromatic N) is 2. The average Bonchev–Trinajstić information content (AvgIpc) is 2.94. The van der Waals surface area contributed by atoms with Crippen LogP contribution >= 0.6 is 11.8 Å². The summed E-state index contributed by atoms with van der Waals surface area (Å²) in [5.41, 5.74) is 1.24. The topological polar surface area (TPSA) is 61.8 Å². The SMILES string of the molecule is CCNC(=O)C[C@H]1SC(=Nc2ccc(F)cc2)N(Cc2ccc(F)cc2)C1=O. The molecule has 0 spiro atoms. The molecule has 1 aliphatic heterocycles. The van der Waals surface area contributed by atoms with Crippen LogP contribution in [0.2, 0.25) is 0 Å². The van der Waals surface area contributed by atoms with E-state index in [0.717, 1.165) is 5.56 Å². The van der Waals surface area contributed by atoms with E-state index < -0.39 is 5.25 Å². The van der Waals surface area contributed by atoms with Gasteiger partial charge >= 0.3 is 0 Å². The van der Waals surface area contributed by atoms with Crippen LogP contribution in [0.15, 0.2) is 53.5 Å². The van der Waals surface area contributed by atoms with Crippen LogP contribution in [-0.4, -0.2) is 33.7 Å². The maximum Gasteiger partial charge on any atom is 0.242 e. The molecule has 1 aliphatic rings. The molecule has 0 aromatic heterocycles. The summed E-state index contributed by atoms with van der Waals surface area (Å²) in [6.07, 6.45) is 0.0414. The van der Waals surface area contributed by atoms with Crippen molar-refractivity contribution in [3.63, 3.8) is 0 Å². The van der Waals surface area contributed by atoms with Crippen molar-refractivity contribution in [1.82, 2.24) is 10.2 Å². The smallest absolute Gasteiger partial charge is 0.242 e. The second kappa shape index (κ2) is 8.97. The highest BCUT2D eigenvalue weighted by Crippen LogP contribution is 2.32. The molecule has 0 unspecified atom stereocenters. The minimum atomic E-state index is -0.591. The Morgan fingerprint density at radius 3 is 2.32 bits per heavy atom. The second-order valence-corrected chi connectivity index (χ2v) is 7.36. The molecule has 1 saturated heterocycles. The van der Waals surface area contributed by atoms with Gasteiger partial charge in [-0.05, 0) is 48.9 Å². The third-order valence-electron chi connectivity index (χ3n) is 4.07. The molecule has 2 amide bonds. The van der Waals surface area contributed by atoms with Gasteiger partial charge in [0.05, 0.1) is 12.2 Å². The lowest BCUT2D eigenvalue weighted by Crippen LogP contribution is -2.34. The fourth-order valence-electron chi connectivity index (χ4n) is 2.71. The summed E-state index contributed by atoms with van der Waals surface area (Å²) >= 11 is 1.20. The molecule has 3 rings (SSSR count). The van der Waals surface area contributed by atoms with E-state index in [1.54, 1.807) is 12.1 Å². The highest BCUT2D eigenvalue weighted by Gasteiger charge is 2.39. The molecule has 1 atom stereocenters. The van der Waals surface area contributed by atoms with Crippen LogP contribution in [0, 0.1) is 11.6 Å². The van der Waals surface area contributed by atoms with Gasteiger partial charge in [0.15, 0.2) is 5.17 Å². The number of hydrogen-bond donors (Lipinski definition) is 1. The number of amides is 2. The number of benzene rings is 2. The van der Waals surface area contributed by atoms with Crippen LogP contribution in [0.5, 0.6) is 0 Å². The van der Waals surface area contributed by atoms with Crippen molar-refractivity contribution in [3.05, 3.63) is 65.7 Å². The molecule has 0 saturated carbocycles. The highest BCUT2D eigenvalue weighted by molar-refractivity contribution is 8.15. The van der Waals surface area contributed by atoms with Gasteiger partial charge in [-0.1, -0.05) is 23.9 Å². The maximum absolute atomic E-state index is 13.2. The van der Waals surface area contributed by atoms with Crippen LogP contribution in [0.1, 0.15) is 18.9 Å². The third-order valence-corrected chi connectivity index (χ3v) is 5.25. The van der Waals surface area contributed by atoms with Crippen molar-refractivity contribution < 1.29 is 18.4 Å². The van der Waals surface area contributed by atoms with Gasteiger partial charge in [0.1, 0.15) is 16.9 Å². The number of hydrogen-bond acceptors (Lipinski definition) is 4. The molecule has 2 aromatic carbocycles. The minimum Gasteiger partial charge on any atom is -0.356 e. The zero-order chi connectivity index (χ0) is 20.1. The van der Waals surface area contributed by atoms with E-state index in [0.29, 0.717) is 17.4 Å². The van der Waals surface area contributed by atoms with E-state index in [-0.39, 0.29) is 36.4 Å². The predicted octanol–water partition coefficient (Wildman–Crippen LogP) is 3.62. The van der Waals surface area contributed by atoms with E-state index >= 15 is 0 Å². The molecule has 8 heteroatoms. The summed E-state index contributed by atoms with van der Waals surface area (Å²) in [6, 6.07) is 11.5. The predicted molar refractivity (Wildman–Crippen MR) is 105 cm³/mol. The molecular formula is C20H19F2N3O2S. The monoisotopic (exact) mass is 403 g/mol. The van der Waals surface area contributed by atoms with Gasteiger partial charge in [0.25, 0.3) is 0 Å². The lowest BCUT2D eigenvalue weighted by atomic mass is 10.2. The number of halogens is 2. The summed E-state index contributed by atoms with van der Waals surface area (Å²) in [6.45, 7) is 2.50. The Morgan fingerprint density at radius 1 is 1.11 bits per heavy atom. The number of carbonyl (C=O) groups excluding carboxylic acids is 2. The maximum atomic E-state index is 13.2. The molecule has 0 radical (unpaired) electrons. The van der Waals surface area contributed by atoms with E-state index in [2.05, 4.69) is 10.3 Å². The summed E-state index contributed by atoms with van der Waals surface area (Å²) in [7, 11) is 0. The molecule has 2 aromatic rings. The summed E-state index contributed by atoms with van der Waals surface area (Å²) in [4.78, 5) is 30.8. The Labute approximate surface area is 165 Å². The summed E-state index contributed by atoms with van der Waals surface area (Å²) in [5, 5.41) is 2.52. The molecule has 1 N–H and O–H groups in total. The third kappa shape index (κ3) is 4.95. The van der Waals surface area contributed by atoms with Crippen molar-refractivity contribution >= 4 is 34.4 Å². The Hall–Kier alpha value is -2.74. The fraction of sp³-hybridized carbons (Fsp3) is 0.250. The van der Waals surface area contributed by atoms with Crippen LogP contribution in [0.4, 0.5) is 14.5 Å². The summed E-state index contributed by atoms with van der Waals surface area (Å²) in [5.74, 6) is -1.18. The average molecular weight is 403 g/mol. The largest absolute Gasteiger partial charge is 0.356 e. The number of carbonyl (C=O) groups is 2. The van der Waals surface area contributed by atoms with Crippen molar-refractivity contribution in [1.29, 1.82) is 0 Å². The molecule has 1 heterocycles. The molecule has 0 aliphatic carbocycles. The van der Waals surface area contributed by atoms with E-state index in [1.807, 2.05) is 6.92 Å². The molecule has 0 bridgehead atoms. The van der Waals surface area contributed by atoms with Crippen LogP contribution < -0.4 is 5.32 Å². The Balaban J connectivity index is 1.86. The lowest BCUT2D eigenvalue weighted by molar-refractivity contribution is -0.129. The first-order chi connectivity index (χ1) is 13.5. The van der Waals surface area contributed by atoms with Gasteiger partial charge in [0, 0.05) is 13.0 Å². The van der Waals surface area contributed by atoms with E-state index in [9.17, 15) is 18.4 Å². The number of aliphatic imine (C=N–C) groups is 1. The molecule has 1 fully saturated rings. The van der Waals surface area contributed by atoms with Gasteiger partial charge in [-0.25, -0.2) is 13.8 Å².